The molecule has 0 fully saturated rings. The van der Waals surface area contributed by atoms with E-state index in [1.807, 2.05) is 0 Å². The number of likely N-dealkylation sites (N-methyl/N-ethyl adjacent to an activating group) is 1. The van der Waals surface area contributed by atoms with Crippen molar-refractivity contribution in [2.75, 3.05) is 14.1 Å². The molecule has 3 rings (SSSR count). The number of non-ortho nitro benzene ring substituents is 1. The van der Waals surface area contributed by atoms with Gasteiger partial charge in [-0.15, -0.1) is 0 Å². The molecule has 3 aromatic rings. The molecule has 0 unspecified atom stereocenters. The van der Waals surface area contributed by atoms with Gasteiger partial charge in [0, 0.05) is 38.7 Å². The zero-order valence-corrected chi connectivity index (χ0v) is 17.0. The van der Waals surface area contributed by atoms with E-state index in [1.54, 1.807) is 44.4 Å². The standard InChI is InChI=1S/C21H21N3O7/c1-22(2)20(26)19(14-7-4-3-5-8-14)31-18(25)9-6-12-23-16-11-10-15(24(28)29)13-17(16)30-21(23)27/h3-5,7-8,10-11,13,19H,6,9,12H2,1-2H3/t19-/m1/s1. The molecule has 0 spiro atoms. The van der Waals surface area contributed by atoms with E-state index < -0.39 is 22.8 Å². The van der Waals surface area contributed by atoms with Gasteiger partial charge in [0.2, 0.25) is 6.10 Å². The zero-order chi connectivity index (χ0) is 22.5. The van der Waals surface area contributed by atoms with Crippen LogP contribution in [0.15, 0.2) is 57.7 Å². The van der Waals surface area contributed by atoms with E-state index in [0.29, 0.717) is 11.1 Å². The molecule has 1 atom stereocenters. The van der Waals surface area contributed by atoms with Gasteiger partial charge in [-0.1, -0.05) is 30.3 Å². The van der Waals surface area contributed by atoms with Crippen molar-refractivity contribution in [2.24, 2.45) is 0 Å². The molecule has 0 saturated heterocycles. The van der Waals surface area contributed by atoms with Crippen molar-refractivity contribution < 1.29 is 23.7 Å². The van der Waals surface area contributed by atoms with E-state index in [9.17, 15) is 24.5 Å². The van der Waals surface area contributed by atoms with Crippen LogP contribution in [0.3, 0.4) is 0 Å². The van der Waals surface area contributed by atoms with Crippen molar-refractivity contribution in [1.29, 1.82) is 0 Å². The Labute approximate surface area is 176 Å². The number of fused-ring (bicyclic) bond motifs is 1. The number of hydrogen-bond acceptors (Lipinski definition) is 7. The smallest absolute Gasteiger partial charge is 0.419 e. The fourth-order valence-electron chi connectivity index (χ4n) is 3.08. The van der Waals surface area contributed by atoms with E-state index in [0.717, 1.165) is 0 Å². The van der Waals surface area contributed by atoms with E-state index >= 15 is 0 Å². The molecular formula is C21H21N3O7. The number of amides is 1. The maximum atomic E-state index is 12.4. The molecule has 0 radical (unpaired) electrons. The Morgan fingerprint density at radius 3 is 2.55 bits per heavy atom. The zero-order valence-electron chi connectivity index (χ0n) is 17.0. The van der Waals surface area contributed by atoms with Crippen molar-refractivity contribution in [3.63, 3.8) is 0 Å². The Morgan fingerprint density at radius 2 is 1.90 bits per heavy atom. The first-order valence-corrected chi connectivity index (χ1v) is 9.51. The van der Waals surface area contributed by atoms with Crippen LogP contribution in [0.2, 0.25) is 0 Å². The van der Waals surface area contributed by atoms with Crippen molar-refractivity contribution >= 4 is 28.7 Å². The van der Waals surface area contributed by atoms with Gasteiger partial charge in [0.1, 0.15) is 0 Å². The number of aromatic nitrogens is 1. The molecule has 1 heterocycles. The molecule has 1 aromatic heterocycles. The van der Waals surface area contributed by atoms with E-state index in [1.165, 1.54) is 27.7 Å². The van der Waals surface area contributed by atoms with Gasteiger partial charge in [0.15, 0.2) is 5.58 Å². The van der Waals surface area contributed by atoms with Gasteiger partial charge in [-0.25, -0.2) is 4.79 Å². The maximum Gasteiger partial charge on any atom is 0.419 e. The van der Waals surface area contributed by atoms with Gasteiger partial charge >= 0.3 is 11.7 Å². The number of ether oxygens (including phenoxy) is 1. The second-order valence-electron chi connectivity index (χ2n) is 7.05. The highest BCUT2D eigenvalue weighted by Gasteiger charge is 2.26. The molecule has 1 amide bonds. The third kappa shape index (κ3) is 4.97. The van der Waals surface area contributed by atoms with Crippen LogP contribution in [0.25, 0.3) is 11.1 Å². The predicted octanol–water partition coefficient (Wildman–Crippen LogP) is 2.66. The number of benzene rings is 2. The minimum Gasteiger partial charge on any atom is -0.447 e. The summed E-state index contributed by atoms with van der Waals surface area (Å²) in [5.41, 5.74) is 0.874. The van der Waals surface area contributed by atoms with Gasteiger partial charge in [0.25, 0.3) is 11.6 Å². The fourth-order valence-corrected chi connectivity index (χ4v) is 3.08. The molecule has 0 saturated carbocycles. The summed E-state index contributed by atoms with van der Waals surface area (Å²) in [6.45, 7) is 0.149. The molecule has 0 aliphatic heterocycles. The number of oxazole rings is 1. The van der Waals surface area contributed by atoms with Crippen LogP contribution in [0.5, 0.6) is 0 Å². The summed E-state index contributed by atoms with van der Waals surface area (Å²) in [4.78, 5) is 48.5. The molecular weight excluding hydrogens is 406 g/mol. The summed E-state index contributed by atoms with van der Waals surface area (Å²) < 4.78 is 11.8. The predicted molar refractivity (Wildman–Crippen MR) is 110 cm³/mol. The summed E-state index contributed by atoms with van der Waals surface area (Å²) in [6.07, 6.45) is -0.834. The number of carbonyl (C=O) groups excluding carboxylic acids is 2. The lowest BCUT2D eigenvalue weighted by atomic mass is 10.1. The number of esters is 1. The SMILES string of the molecule is CN(C)C(=O)[C@H](OC(=O)CCCn1c(=O)oc2cc([N+](=O)[O-])ccc21)c1ccccc1. The Bertz CT molecular complexity index is 1160. The monoisotopic (exact) mass is 427 g/mol. The number of aryl methyl sites for hydroxylation is 1. The molecule has 10 heteroatoms. The number of nitrogens with zero attached hydrogens (tertiary/aromatic N) is 3. The topological polar surface area (TPSA) is 125 Å². The highest BCUT2D eigenvalue weighted by Crippen LogP contribution is 2.22. The molecule has 10 nitrogen and oxygen atoms in total. The van der Waals surface area contributed by atoms with E-state index in [2.05, 4.69) is 0 Å². The van der Waals surface area contributed by atoms with Crippen LogP contribution in [0.4, 0.5) is 5.69 Å². The van der Waals surface area contributed by atoms with Crippen LogP contribution < -0.4 is 5.76 Å². The first kappa shape index (κ1) is 21.8. The highest BCUT2D eigenvalue weighted by atomic mass is 16.6. The van der Waals surface area contributed by atoms with Crippen molar-refractivity contribution in [3.8, 4) is 0 Å². The minimum absolute atomic E-state index is 0.0316. The Hall–Kier alpha value is -3.95. The number of nitro benzene ring substituents is 1. The summed E-state index contributed by atoms with van der Waals surface area (Å²) in [5, 5.41) is 10.9. The van der Waals surface area contributed by atoms with Gasteiger partial charge in [0.05, 0.1) is 16.5 Å². The number of hydrogen-bond donors (Lipinski definition) is 0. The molecule has 162 valence electrons. The lowest BCUT2D eigenvalue weighted by molar-refractivity contribution is -0.384. The van der Waals surface area contributed by atoms with Crippen molar-refractivity contribution in [2.45, 2.75) is 25.5 Å². The molecule has 2 aromatic carbocycles. The van der Waals surface area contributed by atoms with E-state index in [-0.39, 0.29) is 36.6 Å². The van der Waals surface area contributed by atoms with Crippen LogP contribution in [0.1, 0.15) is 24.5 Å². The molecule has 0 aliphatic rings. The summed E-state index contributed by atoms with van der Waals surface area (Å²) in [6, 6.07) is 12.6. The van der Waals surface area contributed by atoms with Crippen molar-refractivity contribution in [1.82, 2.24) is 9.47 Å². The summed E-state index contributed by atoms with van der Waals surface area (Å²) in [5.74, 6) is -1.62. The van der Waals surface area contributed by atoms with E-state index in [4.69, 9.17) is 9.15 Å². The number of carbonyl (C=O) groups is 2. The first-order valence-electron chi connectivity index (χ1n) is 9.51. The highest BCUT2D eigenvalue weighted by molar-refractivity contribution is 5.84. The lowest BCUT2D eigenvalue weighted by Gasteiger charge is -2.21. The third-order valence-electron chi connectivity index (χ3n) is 4.64. The second-order valence-corrected chi connectivity index (χ2v) is 7.05. The van der Waals surface area contributed by atoms with Gasteiger partial charge in [-0.2, -0.15) is 0 Å². The third-order valence-corrected chi connectivity index (χ3v) is 4.64. The van der Waals surface area contributed by atoms with Crippen molar-refractivity contribution in [3.05, 3.63) is 74.8 Å². The Kier molecular flexibility index (Phi) is 6.49. The Balaban J connectivity index is 1.66. The van der Waals surface area contributed by atoms with Crippen LogP contribution in [-0.4, -0.2) is 40.4 Å². The second kappa shape index (κ2) is 9.24. The van der Waals surface area contributed by atoms with Crippen LogP contribution in [-0.2, 0) is 20.9 Å². The largest absolute Gasteiger partial charge is 0.447 e. The minimum atomic E-state index is -1.05. The Morgan fingerprint density at radius 1 is 1.19 bits per heavy atom. The van der Waals surface area contributed by atoms with Crippen LogP contribution >= 0.6 is 0 Å². The average molecular weight is 427 g/mol. The van der Waals surface area contributed by atoms with Gasteiger partial charge in [-0.3, -0.25) is 24.3 Å². The van der Waals surface area contributed by atoms with Crippen LogP contribution in [0, 0.1) is 10.1 Å². The molecule has 0 aliphatic carbocycles. The molecule has 31 heavy (non-hydrogen) atoms. The summed E-state index contributed by atoms with van der Waals surface area (Å²) in [7, 11) is 3.15. The summed E-state index contributed by atoms with van der Waals surface area (Å²) >= 11 is 0. The lowest BCUT2D eigenvalue weighted by Crippen LogP contribution is -2.31. The molecule has 0 N–H and O–H groups in total. The first-order chi connectivity index (χ1) is 14.8. The number of nitro groups is 1. The number of rotatable bonds is 8. The maximum absolute atomic E-state index is 12.4. The fraction of sp³-hybridized carbons (Fsp3) is 0.286. The van der Waals surface area contributed by atoms with Gasteiger partial charge in [-0.05, 0) is 12.5 Å². The average Bonchev–Trinajstić information content (AvgIpc) is 3.06. The quantitative estimate of drug-likeness (QED) is 0.307. The van der Waals surface area contributed by atoms with Gasteiger partial charge < -0.3 is 14.1 Å². The molecule has 0 bridgehead atoms. The normalized spacial score (nSPS) is 11.8.